The summed E-state index contributed by atoms with van der Waals surface area (Å²) in [5, 5.41) is 10.3. The smallest absolute Gasteiger partial charge is 0.123 e. The Hall–Kier alpha value is -0.580. The van der Waals surface area contributed by atoms with Gasteiger partial charge in [0.25, 0.3) is 0 Å². The van der Waals surface area contributed by atoms with Crippen LogP contribution in [0.5, 0.6) is 5.75 Å². The summed E-state index contributed by atoms with van der Waals surface area (Å²) in [5.41, 5.74) is 1.97. The molecule has 0 amide bonds. The number of nitrogens with zero attached hydrogens (tertiary/aromatic N) is 2. The Morgan fingerprint density at radius 2 is 2.10 bits per heavy atom. The van der Waals surface area contributed by atoms with Crippen molar-refractivity contribution in [1.29, 1.82) is 0 Å². The zero-order chi connectivity index (χ0) is 14.7. The summed E-state index contributed by atoms with van der Waals surface area (Å²) in [6.45, 7) is 8.42. The number of likely N-dealkylation sites (N-methyl/N-ethyl adjacent to an activating group) is 1. The highest BCUT2D eigenvalue weighted by Gasteiger charge is 2.23. The second kappa shape index (κ2) is 6.92. The van der Waals surface area contributed by atoms with E-state index in [1.807, 2.05) is 19.1 Å². The van der Waals surface area contributed by atoms with Crippen LogP contribution in [0.3, 0.4) is 0 Å². The van der Waals surface area contributed by atoms with Gasteiger partial charge in [0.05, 0.1) is 0 Å². The number of phenolic OH excluding ortho intramolecular Hbond substituents is 1. The monoisotopic (exact) mass is 340 g/mol. The molecule has 0 spiro atoms. The van der Waals surface area contributed by atoms with Gasteiger partial charge in [-0.2, -0.15) is 0 Å². The third kappa shape index (κ3) is 3.74. The summed E-state index contributed by atoms with van der Waals surface area (Å²) in [5.74, 6) is 0.445. The maximum atomic E-state index is 10.3. The Morgan fingerprint density at radius 1 is 1.35 bits per heavy atom. The number of benzene rings is 1. The Kier molecular flexibility index (Phi) is 5.47. The maximum Gasteiger partial charge on any atom is 0.123 e. The number of halogens is 1. The van der Waals surface area contributed by atoms with Gasteiger partial charge in [-0.1, -0.05) is 22.9 Å². The summed E-state index contributed by atoms with van der Waals surface area (Å²) < 4.78 is 1.04. The van der Waals surface area contributed by atoms with Crippen molar-refractivity contribution < 1.29 is 5.11 Å². The second-order valence-corrected chi connectivity index (χ2v) is 6.79. The van der Waals surface area contributed by atoms with Gasteiger partial charge < -0.3 is 10.0 Å². The van der Waals surface area contributed by atoms with Crippen molar-refractivity contribution in [2.75, 3.05) is 26.7 Å². The summed E-state index contributed by atoms with van der Waals surface area (Å²) in [6.07, 6.45) is 2.35. The lowest BCUT2D eigenvalue weighted by atomic mass is 10.1. The van der Waals surface area contributed by atoms with Crippen molar-refractivity contribution in [3.63, 3.8) is 0 Å². The first-order chi connectivity index (χ1) is 9.51. The minimum atomic E-state index is 0.445. The van der Waals surface area contributed by atoms with E-state index in [0.717, 1.165) is 48.2 Å². The number of aromatic hydroxyl groups is 1. The Morgan fingerprint density at radius 3 is 2.80 bits per heavy atom. The van der Waals surface area contributed by atoms with Crippen molar-refractivity contribution in [2.24, 2.45) is 0 Å². The van der Waals surface area contributed by atoms with Crippen molar-refractivity contribution in [3.8, 4) is 5.75 Å². The zero-order valence-electron chi connectivity index (χ0n) is 12.7. The molecule has 1 aromatic carbocycles. The highest BCUT2D eigenvalue weighted by Crippen LogP contribution is 2.29. The largest absolute Gasteiger partial charge is 0.507 e. The number of hydrogen-bond donors (Lipinski definition) is 1. The molecule has 1 fully saturated rings. The highest BCUT2D eigenvalue weighted by molar-refractivity contribution is 9.10. The standard InChI is InChI=1S/C16H25BrN2O/c1-4-15-11-18(3)6-5-7-19(15)10-13-9-14(17)8-12(2)16(13)20/h8-9,15,20H,4-7,10-11H2,1-3H3. The molecule has 3 nitrogen and oxygen atoms in total. The quantitative estimate of drug-likeness (QED) is 0.913. The van der Waals surface area contributed by atoms with Crippen molar-refractivity contribution in [3.05, 3.63) is 27.7 Å². The van der Waals surface area contributed by atoms with E-state index in [4.69, 9.17) is 0 Å². The molecule has 1 unspecified atom stereocenters. The Labute approximate surface area is 130 Å². The highest BCUT2D eigenvalue weighted by atomic mass is 79.9. The fourth-order valence-electron chi connectivity index (χ4n) is 3.03. The molecular weight excluding hydrogens is 316 g/mol. The van der Waals surface area contributed by atoms with Gasteiger partial charge in [0.2, 0.25) is 0 Å². The van der Waals surface area contributed by atoms with E-state index in [1.165, 1.54) is 6.42 Å². The van der Waals surface area contributed by atoms with Crippen LogP contribution >= 0.6 is 15.9 Å². The molecule has 1 aliphatic rings. The van der Waals surface area contributed by atoms with Crippen molar-refractivity contribution in [1.82, 2.24) is 9.80 Å². The summed E-state index contributed by atoms with van der Waals surface area (Å²) in [4.78, 5) is 4.94. The maximum absolute atomic E-state index is 10.3. The lowest BCUT2D eigenvalue weighted by molar-refractivity contribution is 0.174. The van der Waals surface area contributed by atoms with Gasteiger partial charge in [0.1, 0.15) is 5.75 Å². The van der Waals surface area contributed by atoms with E-state index >= 15 is 0 Å². The summed E-state index contributed by atoms with van der Waals surface area (Å²) in [7, 11) is 2.20. The third-order valence-corrected chi connectivity index (χ3v) is 4.67. The van der Waals surface area contributed by atoms with Crippen LogP contribution in [0.25, 0.3) is 0 Å². The molecule has 1 saturated heterocycles. The second-order valence-electron chi connectivity index (χ2n) is 5.88. The summed E-state index contributed by atoms with van der Waals surface area (Å²) in [6, 6.07) is 4.58. The SMILES string of the molecule is CCC1CN(C)CCCN1Cc1cc(Br)cc(C)c1O. The average molecular weight is 341 g/mol. The molecule has 0 radical (unpaired) electrons. The average Bonchev–Trinajstić information content (AvgIpc) is 2.57. The molecule has 1 atom stereocenters. The lowest BCUT2D eigenvalue weighted by Gasteiger charge is -2.30. The van der Waals surface area contributed by atoms with Crippen LogP contribution in [0.2, 0.25) is 0 Å². The van der Waals surface area contributed by atoms with Gasteiger partial charge in [-0.05, 0) is 51.1 Å². The number of hydrogen-bond acceptors (Lipinski definition) is 3. The van der Waals surface area contributed by atoms with Crippen LogP contribution in [0.4, 0.5) is 0 Å². The predicted molar refractivity (Wildman–Crippen MR) is 87.1 cm³/mol. The first-order valence-corrected chi connectivity index (χ1v) is 8.21. The van der Waals surface area contributed by atoms with Crippen molar-refractivity contribution >= 4 is 15.9 Å². The number of phenols is 1. The van der Waals surface area contributed by atoms with E-state index in [0.29, 0.717) is 11.8 Å². The minimum absolute atomic E-state index is 0.445. The topological polar surface area (TPSA) is 26.7 Å². The molecule has 2 rings (SSSR count). The van der Waals surface area contributed by atoms with Gasteiger partial charge in [0, 0.05) is 35.7 Å². The van der Waals surface area contributed by atoms with Crippen LogP contribution in [0, 0.1) is 6.92 Å². The minimum Gasteiger partial charge on any atom is -0.507 e. The Bertz CT molecular complexity index is 464. The van der Waals surface area contributed by atoms with Gasteiger partial charge in [-0.15, -0.1) is 0 Å². The molecule has 112 valence electrons. The molecule has 0 aliphatic carbocycles. The predicted octanol–water partition coefficient (Wildman–Crippen LogP) is 3.38. The van der Waals surface area contributed by atoms with Gasteiger partial charge >= 0.3 is 0 Å². The van der Waals surface area contributed by atoms with Gasteiger partial charge in [0.15, 0.2) is 0 Å². The molecule has 1 N–H and O–H groups in total. The molecule has 4 heteroatoms. The van der Waals surface area contributed by atoms with Gasteiger partial charge in [-0.25, -0.2) is 0 Å². The fourth-order valence-corrected chi connectivity index (χ4v) is 3.65. The molecule has 0 aromatic heterocycles. The van der Waals surface area contributed by atoms with E-state index in [2.05, 4.69) is 39.7 Å². The first-order valence-electron chi connectivity index (χ1n) is 7.41. The first kappa shape index (κ1) is 15.8. The molecule has 1 aromatic rings. The summed E-state index contributed by atoms with van der Waals surface area (Å²) >= 11 is 3.53. The van der Waals surface area contributed by atoms with Crippen LogP contribution in [-0.2, 0) is 6.54 Å². The molecule has 0 saturated carbocycles. The van der Waals surface area contributed by atoms with Crippen LogP contribution in [0.1, 0.15) is 30.9 Å². The molecule has 20 heavy (non-hydrogen) atoms. The number of rotatable bonds is 3. The molecule has 1 heterocycles. The van der Waals surface area contributed by atoms with Gasteiger partial charge in [-0.3, -0.25) is 4.90 Å². The van der Waals surface area contributed by atoms with E-state index < -0.39 is 0 Å². The van der Waals surface area contributed by atoms with E-state index in [9.17, 15) is 5.11 Å². The Balaban J connectivity index is 2.19. The third-order valence-electron chi connectivity index (χ3n) is 4.21. The zero-order valence-corrected chi connectivity index (χ0v) is 14.3. The molecule has 0 bridgehead atoms. The molecular formula is C16H25BrN2O. The van der Waals surface area contributed by atoms with E-state index in [1.54, 1.807) is 0 Å². The molecule has 1 aliphatic heterocycles. The van der Waals surface area contributed by atoms with Crippen LogP contribution in [-0.4, -0.2) is 47.6 Å². The van der Waals surface area contributed by atoms with Crippen LogP contribution < -0.4 is 0 Å². The van der Waals surface area contributed by atoms with E-state index in [-0.39, 0.29) is 0 Å². The fraction of sp³-hybridized carbons (Fsp3) is 0.625. The lowest BCUT2D eigenvalue weighted by Crippen LogP contribution is -2.39. The number of aryl methyl sites for hydroxylation is 1. The van der Waals surface area contributed by atoms with Crippen molar-refractivity contribution in [2.45, 2.75) is 39.3 Å². The normalized spacial score (nSPS) is 21.9. The van der Waals surface area contributed by atoms with Crippen LogP contribution in [0.15, 0.2) is 16.6 Å².